The minimum atomic E-state index is -1.45. The number of halogens is 4. The van der Waals surface area contributed by atoms with Crippen molar-refractivity contribution in [3.05, 3.63) is 64.8 Å². The Labute approximate surface area is 229 Å². The number of hydrogen-bond donors (Lipinski definition) is 1. The van der Waals surface area contributed by atoms with E-state index < -0.39 is 29.2 Å². The molecular formula is C28H30ClF3N2O3S. The summed E-state index contributed by atoms with van der Waals surface area (Å²) in [7, 11) is 1.53. The molecule has 0 aliphatic carbocycles. The first kappa shape index (κ1) is 28.5. The molecule has 1 fully saturated rings. The quantitative estimate of drug-likeness (QED) is 0.194. The smallest absolute Gasteiger partial charge is 0.309 e. The molecule has 0 amide bonds. The Bertz CT molecular complexity index is 1290. The SMILES string of the molecule is COc1ccc2ncc(Cl)c(C(F)CCC3(C(=O)O)CCN(CCCSc4cccc(F)c4F)CC3)c2c1. The lowest BCUT2D eigenvalue weighted by atomic mass is 9.74. The molecule has 4 rings (SSSR count). The molecule has 1 N–H and O–H groups in total. The molecule has 10 heteroatoms. The highest BCUT2D eigenvalue weighted by molar-refractivity contribution is 7.99. The van der Waals surface area contributed by atoms with Crippen molar-refractivity contribution in [2.45, 2.75) is 43.2 Å². The Morgan fingerprint density at radius 2 is 2.03 bits per heavy atom. The fraction of sp³-hybridized carbons (Fsp3) is 0.429. The average Bonchev–Trinajstić information content (AvgIpc) is 2.92. The molecule has 1 aliphatic heterocycles. The van der Waals surface area contributed by atoms with Crippen molar-refractivity contribution in [2.75, 3.05) is 32.5 Å². The van der Waals surface area contributed by atoms with Crippen molar-refractivity contribution in [3.8, 4) is 5.75 Å². The van der Waals surface area contributed by atoms with Crippen LogP contribution in [0.1, 0.15) is 43.8 Å². The molecule has 0 saturated carbocycles. The lowest BCUT2D eigenvalue weighted by molar-refractivity contribution is -0.153. The zero-order valence-corrected chi connectivity index (χ0v) is 22.6. The Hall–Kier alpha value is -2.49. The van der Waals surface area contributed by atoms with Gasteiger partial charge in [-0.05, 0) is 87.8 Å². The summed E-state index contributed by atoms with van der Waals surface area (Å²) in [6, 6.07) is 9.32. The Balaban J connectivity index is 1.33. The number of aliphatic carboxylic acids is 1. The minimum absolute atomic E-state index is 0.0260. The molecule has 3 aromatic rings. The molecule has 2 aromatic carbocycles. The van der Waals surface area contributed by atoms with E-state index in [0.29, 0.717) is 53.9 Å². The second-order valence-corrected chi connectivity index (χ2v) is 11.1. The van der Waals surface area contributed by atoms with Crippen LogP contribution < -0.4 is 4.74 Å². The molecule has 1 saturated heterocycles. The predicted molar refractivity (Wildman–Crippen MR) is 144 cm³/mol. The number of carboxylic acids is 1. The summed E-state index contributed by atoms with van der Waals surface area (Å²) in [4.78, 5) is 19.0. The van der Waals surface area contributed by atoms with Gasteiger partial charge < -0.3 is 14.7 Å². The first-order chi connectivity index (χ1) is 18.2. The van der Waals surface area contributed by atoms with Crippen LogP contribution in [-0.2, 0) is 4.79 Å². The molecule has 1 unspecified atom stereocenters. The van der Waals surface area contributed by atoms with Crippen molar-refractivity contribution >= 4 is 40.2 Å². The normalized spacial score (nSPS) is 16.4. The summed E-state index contributed by atoms with van der Waals surface area (Å²) in [5.41, 5.74) is -0.110. The van der Waals surface area contributed by atoms with E-state index in [0.717, 1.165) is 19.0 Å². The van der Waals surface area contributed by atoms with Crippen LogP contribution in [0.2, 0.25) is 5.02 Å². The van der Waals surface area contributed by atoms with Gasteiger partial charge in [-0.2, -0.15) is 0 Å². The first-order valence-electron chi connectivity index (χ1n) is 12.5. The summed E-state index contributed by atoms with van der Waals surface area (Å²) in [6.45, 7) is 1.89. The number of nitrogens with zero attached hydrogens (tertiary/aromatic N) is 2. The maximum absolute atomic E-state index is 15.6. The van der Waals surface area contributed by atoms with Crippen molar-refractivity contribution in [2.24, 2.45) is 5.41 Å². The number of benzene rings is 2. The molecule has 0 spiro atoms. The summed E-state index contributed by atoms with van der Waals surface area (Å²) in [6.07, 6.45) is 1.77. The van der Waals surface area contributed by atoms with Crippen LogP contribution in [0, 0.1) is 17.0 Å². The number of ether oxygens (including phenoxy) is 1. The van der Waals surface area contributed by atoms with E-state index in [1.807, 2.05) is 0 Å². The van der Waals surface area contributed by atoms with E-state index in [2.05, 4.69) is 9.88 Å². The number of likely N-dealkylation sites (tertiary alicyclic amines) is 1. The maximum atomic E-state index is 15.6. The van der Waals surface area contributed by atoms with Crippen LogP contribution in [0.4, 0.5) is 13.2 Å². The highest BCUT2D eigenvalue weighted by atomic mass is 35.5. The molecular weight excluding hydrogens is 537 g/mol. The predicted octanol–water partition coefficient (Wildman–Crippen LogP) is 7.32. The number of thioether (sulfide) groups is 1. The molecule has 1 atom stereocenters. The zero-order chi connectivity index (χ0) is 27.3. The number of piperidine rings is 1. The van der Waals surface area contributed by atoms with Gasteiger partial charge in [0.05, 0.1) is 23.1 Å². The largest absolute Gasteiger partial charge is 0.497 e. The van der Waals surface area contributed by atoms with Gasteiger partial charge in [-0.15, -0.1) is 11.8 Å². The second-order valence-electron chi connectivity index (χ2n) is 9.59. The van der Waals surface area contributed by atoms with Gasteiger partial charge in [0, 0.05) is 22.0 Å². The summed E-state index contributed by atoms with van der Waals surface area (Å²) >= 11 is 7.61. The van der Waals surface area contributed by atoms with Gasteiger partial charge in [-0.1, -0.05) is 17.7 Å². The van der Waals surface area contributed by atoms with Gasteiger partial charge in [0.1, 0.15) is 11.9 Å². The molecule has 5 nitrogen and oxygen atoms in total. The number of alkyl halides is 1. The van der Waals surface area contributed by atoms with Crippen molar-refractivity contribution in [3.63, 3.8) is 0 Å². The Morgan fingerprint density at radius 3 is 2.74 bits per heavy atom. The molecule has 204 valence electrons. The molecule has 2 heterocycles. The monoisotopic (exact) mass is 566 g/mol. The summed E-state index contributed by atoms with van der Waals surface area (Å²) < 4.78 is 48.1. The van der Waals surface area contributed by atoms with E-state index in [9.17, 15) is 18.7 Å². The van der Waals surface area contributed by atoms with Crippen molar-refractivity contribution in [1.82, 2.24) is 9.88 Å². The van der Waals surface area contributed by atoms with Crippen molar-refractivity contribution in [1.29, 1.82) is 0 Å². The van der Waals surface area contributed by atoms with E-state index >= 15 is 4.39 Å². The average molecular weight is 567 g/mol. The van der Waals surface area contributed by atoms with Crippen LogP contribution in [-0.4, -0.2) is 53.5 Å². The fourth-order valence-corrected chi connectivity index (χ4v) is 6.16. The number of aromatic nitrogens is 1. The third kappa shape index (κ3) is 6.38. The molecule has 1 aromatic heterocycles. The van der Waals surface area contributed by atoms with Gasteiger partial charge in [-0.25, -0.2) is 13.2 Å². The maximum Gasteiger partial charge on any atom is 0.309 e. The van der Waals surface area contributed by atoms with Gasteiger partial charge in [0.2, 0.25) is 0 Å². The Morgan fingerprint density at radius 1 is 1.26 bits per heavy atom. The number of methoxy groups -OCH3 is 1. The number of hydrogen-bond acceptors (Lipinski definition) is 5. The number of pyridine rings is 1. The van der Waals surface area contributed by atoms with Crippen LogP contribution in [0.15, 0.2) is 47.5 Å². The van der Waals surface area contributed by atoms with E-state index in [-0.39, 0.29) is 22.8 Å². The number of rotatable bonds is 11. The van der Waals surface area contributed by atoms with Crippen LogP contribution in [0.5, 0.6) is 5.75 Å². The van der Waals surface area contributed by atoms with Crippen LogP contribution >= 0.6 is 23.4 Å². The Kier molecular flexibility index (Phi) is 9.44. The molecule has 0 bridgehead atoms. The number of carboxylic acid groups (broad SMARTS) is 1. The highest BCUT2D eigenvalue weighted by Gasteiger charge is 2.41. The second kappa shape index (κ2) is 12.6. The molecule has 0 radical (unpaired) electrons. The minimum Gasteiger partial charge on any atom is -0.497 e. The topological polar surface area (TPSA) is 62.7 Å². The lowest BCUT2D eigenvalue weighted by Crippen LogP contribution is -2.44. The van der Waals surface area contributed by atoms with Gasteiger partial charge >= 0.3 is 5.97 Å². The summed E-state index contributed by atoms with van der Waals surface area (Å²) in [5, 5.41) is 10.8. The van der Waals surface area contributed by atoms with E-state index in [4.69, 9.17) is 16.3 Å². The number of fused-ring (bicyclic) bond motifs is 1. The van der Waals surface area contributed by atoms with E-state index in [1.165, 1.54) is 31.1 Å². The summed E-state index contributed by atoms with van der Waals surface area (Å²) in [5.74, 6) is -1.41. The number of carbonyl (C=O) groups is 1. The van der Waals surface area contributed by atoms with Crippen LogP contribution in [0.3, 0.4) is 0 Å². The first-order valence-corrected chi connectivity index (χ1v) is 13.9. The third-order valence-electron chi connectivity index (χ3n) is 7.32. The van der Waals surface area contributed by atoms with Gasteiger partial charge in [-0.3, -0.25) is 9.78 Å². The standard InChI is InChI=1S/C28H30ClF3N2O3S/c1-37-18-6-7-23-19(16-18)25(20(29)17-33-23)21(30)8-9-28(27(35)36)10-13-34(14-11-28)12-3-15-38-24-5-2-4-22(31)26(24)32/h2,4-7,16-17,21H,3,8-15H2,1H3,(H,35,36). The molecule has 38 heavy (non-hydrogen) atoms. The lowest BCUT2D eigenvalue weighted by Gasteiger charge is -2.39. The fourth-order valence-electron chi connectivity index (χ4n) is 5.00. The molecule has 1 aliphatic rings. The van der Waals surface area contributed by atoms with E-state index in [1.54, 1.807) is 24.3 Å². The zero-order valence-electron chi connectivity index (χ0n) is 21.1. The van der Waals surface area contributed by atoms with Crippen molar-refractivity contribution < 1.29 is 27.8 Å². The third-order valence-corrected chi connectivity index (χ3v) is 8.74. The van der Waals surface area contributed by atoms with Crippen LogP contribution in [0.25, 0.3) is 10.9 Å². The highest BCUT2D eigenvalue weighted by Crippen LogP contribution is 2.42. The van der Waals surface area contributed by atoms with Gasteiger partial charge in [0.25, 0.3) is 0 Å². The van der Waals surface area contributed by atoms with Gasteiger partial charge in [0.15, 0.2) is 11.6 Å².